The van der Waals surface area contributed by atoms with Crippen LogP contribution in [0.3, 0.4) is 0 Å². The van der Waals surface area contributed by atoms with Gasteiger partial charge in [0.1, 0.15) is 0 Å². The Hall–Kier alpha value is -0.840. The summed E-state index contributed by atoms with van der Waals surface area (Å²) in [6, 6.07) is 0. The Bertz CT molecular complexity index is 1290. The molecule has 0 heterocycles. The maximum atomic E-state index is 13.1. The standard InChI is InChI=1S/C23H41F3O2.C16H30O.C7H11F3O/c1-19(2,3)17-14-10-15(16(11-14)18(17)20(4,5)6)12-28-21(7,8)13-22(9,27)23(24,25)26;1-15(2,3)13-10-7-11(9-17)12(8-10)14(13)16(4,5)6;1-5(2)4-6(3,11)7(8,9)10/h14-18,27H,10-13H2,1-9H3;10-14,17H,7-9H2,1-6H3;11H,1,4H2,2-3H3/p+1. The van der Waals surface area contributed by atoms with Gasteiger partial charge in [-0.25, -0.2) is 0 Å². The topological polar surface area (TPSA) is 69.9 Å². The molecule has 12 unspecified atom stereocenters. The van der Waals surface area contributed by atoms with Gasteiger partial charge in [0, 0.05) is 19.4 Å². The predicted octanol–water partition coefficient (Wildman–Crippen LogP) is 12.8. The van der Waals surface area contributed by atoms with E-state index >= 15 is 0 Å². The Morgan fingerprint density at radius 1 is 0.571 bits per heavy atom. The maximum absolute atomic E-state index is 13.1. The molecule has 4 aliphatic rings. The highest BCUT2D eigenvalue weighted by molar-refractivity contribution is 5.08. The van der Waals surface area contributed by atoms with E-state index in [-0.39, 0.29) is 12.3 Å². The third kappa shape index (κ3) is 12.4. The molecule has 56 heavy (non-hydrogen) atoms. The SMILES string of the molecule is C=C(C)CC(C)(O)C(F)(F)F.CC(C)(C)C1C2CC(CO)C(C2)C1C(C)(C)C.CC(C)(CC(C)(O)C(F)(F)F)OCC1CC2CC1C(C(C)(C)C)C2C(C)(C)C.[H+]. The fourth-order valence-electron chi connectivity index (χ4n) is 12.2. The van der Waals surface area contributed by atoms with Gasteiger partial charge < -0.3 is 20.1 Å². The van der Waals surface area contributed by atoms with Gasteiger partial charge in [0.2, 0.25) is 0 Å². The summed E-state index contributed by atoms with van der Waals surface area (Å²) < 4.78 is 80.9. The second-order valence-electron chi connectivity index (χ2n) is 24.0. The van der Waals surface area contributed by atoms with Gasteiger partial charge in [0.05, 0.1) is 12.2 Å². The van der Waals surface area contributed by atoms with E-state index in [0.717, 1.165) is 43.9 Å². The summed E-state index contributed by atoms with van der Waals surface area (Å²) in [5.74, 6) is 6.75. The molecule has 4 nitrogen and oxygen atoms in total. The van der Waals surface area contributed by atoms with Crippen LogP contribution in [-0.2, 0) is 4.74 Å². The number of aliphatic hydroxyl groups is 3. The molecule has 0 aromatic heterocycles. The highest BCUT2D eigenvalue weighted by Gasteiger charge is 2.60. The number of aliphatic hydroxyl groups excluding tert-OH is 1. The fourth-order valence-corrected chi connectivity index (χ4v) is 12.2. The van der Waals surface area contributed by atoms with Gasteiger partial charge in [-0.05, 0) is 141 Å². The van der Waals surface area contributed by atoms with Gasteiger partial charge in [-0.15, -0.1) is 6.58 Å². The van der Waals surface area contributed by atoms with Crippen LogP contribution in [0.25, 0.3) is 0 Å². The van der Waals surface area contributed by atoms with Gasteiger partial charge >= 0.3 is 13.8 Å². The first kappa shape index (κ1) is 51.3. The van der Waals surface area contributed by atoms with Crippen molar-refractivity contribution in [1.82, 2.24) is 0 Å². The first-order valence-corrected chi connectivity index (χ1v) is 21.1. The van der Waals surface area contributed by atoms with Crippen molar-refractivity contribution in [1.29, 1.82) is 0 Å². The molecule has 0 saturated heterocycles. The van der Waals surface area contributed by atoms with Crippen molar-refractivity contribution in [3.63, 3.8) is 0 Å². The minimum Gasteiger partial charge on any atom is -0.396 e. The average Bonchev–Trinajstić information content (AvgIpc) is 3.71. The predicted molar refractivity (Wildman–Crippen MR) is 217 cm³/mol. The van der Waals surface area contributed by atoms with E-state index < -0.39 is 42.0 Å². The van der Waals surface area contributed by atoms with Crippen LogP contribution in [0.4, 0.5) is 26.3 Å². The number of hydrogen-bond donors (Lipinski definition) is 3. The normalized spacial score (nSPS) is 33.2. The number of alkyl halides is 6. The molecule has 0 radical (unpaired) electrons. The van der Waals surface area contributed by atoms with E-state index in [2.05, 4.69) is 89.7 Å². The van der Waals surface area contributed by atoms with Crippen LogP contribution in [0.15, 0.2) is 12.2 Å². The zero-order valence-corrected chi connectivity index (χ0v) is 38.2. The molecule has 4 saturated carbocycles. The van der Waals surface area contributed by atoms with E-state index in [9.17, 15) is 36.6 Å². The van der Waals surface area contributed by atoms with Gasteiger partial charge in [-0.3, -0.25) is 0 Å². The fraction of sp³-hybridized carbons (Fsp3) is 0.957. The molecule has 0 aliphatic heterocycles. The van der Waals surface area contributed by atoms with Crippen LogP contribution >= 0.6 is 0 Å². The number of hydrogen-bond acceptors (Lipinski definition) is 4. The zero-order valence-electron chi connectivity index (χ0n) is 39.2. The van der Waals surface area contributed by atoms with Gasteiger partial charge in [0.25, 0.3) is 0 Å². The Morgan fingerprint density at radius 3 is 1.20 bits per heavy atom. The quantitative estimate of drug-likeness (QED) is 0.169. The van der Waals surface area contributed by atoms with Gasteiger partial charge in [0.15, 0.2) is 11.2 Å². The molecule has 4 fully saturated rings. The van der Waals surface area contributed by atoms with Crippen LogP contribution in [0.1, 0.15) is 158 Å². The molecule has 10 heteroatoms. The molecular weight excluding hydrogens is 730 g/mol. The van der Waals surface area contributed by atoms with Crippen LogP contribution in [0.5, 0.6) is 0 Å². The van der Waals surface area contributed by atoms with Crippen molar-refractivity contribution < 1.29 is 47.8 Å². The highest BCUT2D eigenvalue weighted by atomic mass is 19.4. The van der Waals surface area contributed by atoms with E-state index in [4.69, 9.17) is 9.84 Å². The molecule has 12 atom stereocenters. The third-order valence-electron chi connectivity index (χ3n) is 13.8. The summed E-state index contributed by atoms with van der Waals surface area (Å²) >= 11 is 0. The van der Waals surface area contributed by atoms with E-state index in [1.54, 1.807) is 13.8 Å². The van der Waals surface area contributed by atoms with E-state index in [1.165, 1.54) is 26.2 Å². The monoisotopic (exact) mass is 814 g/mol. The van der Waals surface area contributed by atoms with E-state index in [0.29, 0.717) is 65.1 Å². The van der Waals surface area contributed by atoms with Crippen LogP contribution in [0.2, 0.25) is 0 Å². The average molecular weight is 814 g/mol. The number of ether oxygens (including phenoxy) is 1. The largest absolute Gasteiger partial charge is 1.00 e. The number of rotatable bonds is 8. The number of fused-ring (bicyclic) bond motifs is 4. The second kappa shape index (κ2) is 16.9. The van der Waals surface area contributed by atoms with Crippen molar-refractivity contribution in [3.8, 4) is 0 Å². The first-order chi connectivity index (χ1) is 24.6. The minimum atomic E-state index is -4.66. The lowest BCUT2D eigenvalue weighted by atomic mass is 9.57. The molecular formula is C46H83F6O4+. The molecule has 4 rings (SSSR count). The lowest BCUT2D eigenvalue weighted by Gasteiger charge is -2.49. The minimum absolute atomic E-state index is 0. The summed E-state index contributed by atoms with van der Waals surface area (Å²) in [7, 11) is 0. The summed E-state index contributed by atoms with van der Waals surface area (Å²) in [6.45, 7) is 38.9. The lowest BCUT2D eigenvalue weighted by molar-refractivity contribution is -0.269. The summed E-state index contributed by atoms with van der Waals surface area (Å²) in [5.41, 5.74) is -4.84. The van der Waals surface area contributed by atoms with Crippen molar-refractivity contribution in [2.75, 3.05) is 13.2 Å². The first-order valence-electron chi connectivity index (χ1n) is 21.1. The molecule has 4 aliphatic carbocycles. The van der Waals surface area contributed by atoms with Crippen molar-refractivity contribution in [3.05, 3.63) is 12.2 Å². The van der Waals surface area contributed by atoms with Gasteiger partial charge in [-0.1, -0.05) is 88.7 Å². The Morgan fingerprint density at radius 2 is 0.911 bits per heavy atom. The molecule has 332 valence electrons. The van der Waals surface area contributed by atoms with E-state index in [1.807, 2.05) is 0 Å². The zero-order chi connectivity index (χ0) is 44.2. The Labute approximate surface area is 338 Å². The smallest absolute Gasteiger partial charge is 0.396 e. The van der Waals surface area contributed by atoms with Crippen molar-refractivity contribution >= 4 is 0 Å². The van der Waals surface area contributed by atoms with Crippen molar-refractivity contribution in [2.24, 2.45) is 80.8 Å². The lowest BCUT2D eigenvalue weighted by Crippen LogP contribution is -2.49. The Balaban J connectivity index is 0.000000475. The second-order valence-corrected chi connectivity index (χ2v) is 24.0. The Kier molecular flexibility index (Phi) is 15.5. The summed E-state index contributed by atoms with van der Waals surface area (Å²) in [4.78, 5) is 0. The molecule has 0 amide bonds. The van der Waals surface area contributed by atoms with Crippen LogP contribution < -0.4 is 0 Å². The summed E-state index contributed by atoms with van der Waals surface area (Å²) in [5, 5.41) is 28.2. The molecule has 0 aromatic rings. The maximum Gasteiger partial charge on any atom is 1.00 e. The van der Waals surface area contributed by atoms with Crippen molar-refractivity contribution in [2.45, 2.75) is 185 Å². The van der Waals surface area contributed by atoms with Crippen LogP contribution in [0, 0.1) is 80.8 Å². The molecule has 0 spiro atoms. The highest BCUT2D eigenvalue weighted by Crippen LogP contribution is 2.66. The summed E-state index contributed by atoms with van der Waals surface area (Å²) in [6.07, 6.45) is -5.19. The third-order valence-corrected chi connectivity index (χ3v) is 13.8. The molecule has 0 aromatic carbocycles. The molecule has 3 N–H and O–H groups in total. The van der Waals surface area contributed by atoms with Gasteiger partial charge in [-0.2, -0.15) is 26.3 Å². The number of halogens is 6. The van der Waals surface area contributed by atoms with Crippen LogP contribution in [-0.4, -0.2) is 57.7 Å². The molecule has 4 bridgehead atoms.